The van der Waals surface area contributed by atoms with Crippen molar-refractivity contribution in [2.75, 3.05) is 7.11 Å². The number of aromatic nitrogens is 1. The van der Waals surface area contributed by atoms with Crippen molar-refractivity contribution in [3.05, 3.63) is 68.9 Å². The Labute approximate surface area is 154 Å². The fourth-order valence-electron chi connectivity index (χ4n) is 2.44. The summed E-state index contributed by atoms with van der Waals surface area (Å²) in [4.78, 5) is 16.2. The molecule has 0 fully saturated rings. The maximum atomic E-state index is 11.8. The summed E-state index contributed by atoms with van der Waals surface area (Å²) in [6.45, 7) is 2.48. The first-order chi connectivity index (χ1) is 11.6. The zero-order valence-corrected chi connectivity index (χ0v) is 15.5. The number of hydrogen-bond acceptors (Lipinski definition) is 4. The van der Waals surface area contributed by atoms with Crippen LogP contribution in [0, 0.1) is 10.5 Å². The number of carbonyl (C=O) groups is 1. The molecule has 0 saturated carbocycles. The van der Waals surface area contributed by atoms with Crippen molar-refractivity contribution < 1.29 is 14.3 Å². The largest absolute Gasteiger partial charge is 0.487 e. The van der Waals surface area contributed by atoms with Crippen molar-refractivity contribution in [2.24, 2.45) is 0 Å². The molecule has 5 heteroatoms. The Hall–Kier alpha value is -2.15. The van der Waals surface area contributed by atoms with Crippen molar-refractivity contribution in [3.8, 4) is 5.75 Å². The van der Waals surface area contributed by atoms with Crippen LogP contribution in [0.25, 0.3) is 10.9 Å². The van der Waals surface area contributed by atoms with E-state index >= 15 is 0 Å². The van der Waals surface area contributed by atoms with Crippen molar-refractivity contribution >= 4 is 39.5 Å². The van der Waals surface area contributed by atoms with E-state index in [1.54, 1.807) is 6.07 Å². The molecule has 24 heavy (non-hydrogen) atoms. The Morgan fingerprint density at radius 1 is 1.21 bits per heavy atom. The predicted molar refractivity (Wildman–Crippen MR) is 101 cm³/mol. The second-order valence-corrected chi connectivity index (χ2v) is 6.47. The van der Waals surface area contributed by atoms with Gasteiger partial charge in [-0.2, -0.15) is 0 Å². The molecule has 4 nitrogen and oxygen atoms in total. The highest BCUT2D eigenvalue weighted by molar-refractivity contribution is 14.1. The second-order valence-electron chi connectivity index (χ2n) is 5.39. The van der Waals surface area contributed by atoms with Crippen LogP contribution in [0.5, 0.6) is 5.75 Å². The number of halogens is 1. The van der Waals surface area contributed by atoms with E-state index in [0.29, 0.717) is 17.9 Å². The first kappa shape index (κ1) is 16.7. The molecule has 0 radical (unpaired) electrons. The molecule has 2 aromatic carbocycles. The molecule has 0 aliphatic heterocycles. The minimum absolute atomic E-state index is 0.395. The lowest BCUT2D eigenvalue weighted by atomic mass is 10.1. The summed E-state index contributed by atoms with van der Waals surface area (Å²) in [5, 5.41) is 0.890. The highest BCUT2D eigenvalue weighted by Crippen LogP contribution is 2.32. The molecule has 0 amide bonds. The van der Waals surface area contributed by atoms with Crippen LogP contribution in [-0.2, 0) is 11.3 Å². The molecule has 1 heterocycles. The molecule has 122 valence electrons. The summed E-state index contributed by atoms with van der Waals surface area (Å²) in [7, 11) is 1.36. The van der Waals surface area contributed by atoms with Crippen LogP contribution in [0.15, 0.2) is 48.7 Å². The van der Waals surface area contributed by atoms with E-state index in [0.717, 1.165) is 25.6 Å². The zero-order chi connectivity index (χ0) is 17.1. The van der Waals surface area contributed by atoms with Gasteiger partial charge in [0.15, 0.2) is 0 Å². The molecule has 0 aliphatic rings. The van der Waals surface area contributed by atoms with E-state index in [1.807, 2.05) is 43.3 Å². The summed E-state index contributed by atoms with van der Waals surface area (Å²) in [6, 6.07) is 13.8. The highest BCUT2D eigenvalue weighted by Gasteiger charge is 2.14. The average Bonchev–Trinajstić information content (AvgIpc) is 2.63. The van der Waals surface area contributed by atoms with E-state index in [4.69, 9.17) is 9.47 Å². The van der Waals surface area contributed by atoms with E-state index < -0.39 is 5.97 Å². The smallest absolute Gasteiger partial charge is 0.339 e. The third-order valence-corrected chi connectivity index (χ3v) is 5.14. The Morgan fingerprint density at radius 3 is 2.67 bits per heavy atom. The standard InChI is InChI=1S/C19H16INO3/c1-12-8-16(24-11-13-6-4-3-5-7-13)18-15(17(12)20)9-14(10-21-18)19(22)23-2/h3-10H,11H2,1-2H3. The lowest BCUT2D eigenvalue weighted by Crippen LogP contribution is -2.03. The third-order valence-electron chi connectivity index (χ3n) is 3.71. The maximum absolute atomic E-state index is 11.8. The molecule has 0 bridgehead atoms. The summed E-state index contributed by atoms with van der Waals surface area (Å²) in [6.07, 6.45) is 1.52. The van der Waals surface area contributed by atoms with E-state index in [-0.39, 0.29) is 0 Å². The molecule has 0 spiro atoms. The van der Waals surface area contributed by atoms with Gasteiger partial charge in [-0.15, -0.1) is 0 Å². The number of hydrogen-bond donors (Lipinski definition) is 0. The van der Waals surface area contributed by atoms with Gasteiger partial charge in [0.1, 0.15) is 17.9 Å². The Balaban J connectivity index is 2.01. The lowest BCUT2D eigenvalue weighted by Gasteiger charge is -2.13. The molecular formula is C19H16INO3. The number of aryl methyl sites for hydroxylation is 1. The first-order valence-corrected chi connectivity index (χ1v) is 8.52. The normalized spacial score (nSPS) is 10.6. The first-order valence-electron chi connectivity index (χ1n) is 7.44. The number of pyridine rings is 1. The number of methoxy groups -OCH3 is 1. The van der Waals surface area contributed by atoms with Crippen molar-refractivity contribution in [3.63, 3.8) is 0 Å². The molecule has 0 saturated heterocycles. The van der Waals surface area contributed by atoms with Crippen LogP contribution in [0.3, 0.4) is 0 Å². The molecule has 0 N–H and O–H groups in total. The van der Waals surface area contributed by atoms with Gasteiger partial charge in [-0.25, -0.2) is 4.79 Å². The van der Waals surface area contributed by atoms with Gasteiger partial charge in [0, 0.05) is 15.2 Å². The van der Waals surface area contributed by atoms with Crippen molar-refractivity contribution in [1.29, 1.82) is 0 Å². The summed E-state index contributed by atoms with van der Waals surface area (Å²) < 4.78 is 11.8. The van der Waals surface area contributed by atoms with Gasteiger partial charge in [0.25, 0.3) is 0 Å². The average molecular weight is 433 g/mol. The fourth-order valence-corrected chi connectivity index (χ4v) is 3.01. The third kappa shape index (κ3) is 3.36. The predicted octanol–water partition coefficient (Wildman–Crippen LogP) is 4.51. The van der Waals surface area contributed by atoms with Gasteiger partial charge < -0.3 is 9.47 Å². The monoisotopic (exact) mass is 433 g/mol. The summed E-state index contributed by atoms with van der Waals surface area (Å²) in [5.41, 5.74) is 3.35. The SMILES string of the molecule is COC(=O)c1cnc2c(OCc3ccccc3)cc(C)c(I)c2c1. The number of ether oxygens (including phenoxy) is 2. The lowest BCUT2D eigenvalue weighted by molar-refractivity contribution is 0.0600. The number of benzene rings is 2. The molecule has 0 atom stereocenters. The van der Waals surface area contributed by atoms with Crippen LogP contribution >= 0.6 is 22.6 Å². The Bertz CT molecular complexity index is 894. The topological polar surface area (TPSA) is 48.4 Å². The molecular weight excluding hydrogens is 417 g/mol. The minimum atomic E-state index is -0.395. The van der Waals surface area contributed by atoms with E-state index in [1.165, 1.54) is 13.3 Å². The van der Waals surface area contributed by atoms with Crippen LogP contribution in [0.4, 0.5) is 0 Å². The number of esters is 1. The molecule has 0 aliphatic carbocycles. The van der Waals surface area contributed by atoms with E-state index in [2.05, 4.69) is 27.6 Å². The van der Waals surface area contributed by atoms with Gasteiger partial charge in [-0.1, -0.05) is 30.3 Å². The maximum Gasteiger partial charge on any atom is 0.339 e. The number of fused-ring (bicyclic) bond motifs is 1. The van der Waals surface area contributed by atoms with Crippen LogP contribution in [0.2, 0.25) is 0 Å². The van der Waals surface area contributed by atoms with Crippen LogP contribution in [0.1, 0.15) is 21.5 Å². The van der Waals surface area contributed by atoms with Gasteiger partial charge in [0.05, 0.1) is 12.7 Å². The molecule has 3 rings (SSSR count). The van der Waals surface area contributed by atoms with Crippen LogP contribution < -0.4 is 4.74 Å². The van der Waals surface area contributed by atoms with Gasteiger partial charge in [0.2, 0.25) is 0 Å². The quantitative estimate of drug-likeness (QED) is 0.449. The van der Waals surface area contributed by atoms with Gasteiger partial charge in [-0.3, -0.25) is 4.98 Å². The summed E-state index contributed by atoms with van der Waals surface area (Å²) in [5.74, 6) is 0.316. The molecule has 1 aromatic heterocycles. The Kier molecular flexibility index (Phi) is 4.99. The fraction of sp³-hybridized carbons (Fsp3) is 0.158. The minimum Gasteiger partial charge on any atom is -0.487 e. The van der Waals surface area contributed by atoms with Crippen LogP contribution in [-0.4, -0.2) is 18.1 Å². The molecule has 3 aromatic rings. The van der Waals surface area contributed by atoms with Gasteiger partial charge >= 0.3 is 5.97 Å². The number of rotatable bonds is 4. The number of carbonyl (C=O) groups excluding carboxylic acids is 1. The highest BCUT2D eigenvalue weighted by atomic mass is 127. The second kappa shape index (κ2) is 7.17. The molecule has 0 unspecified atom stereocenters. The van der Waals surface area contributed by atoms with Crippen molar-refractivity contribution in [1.82, 2.24) is 4.98 Å². The number of nitrogens with zero attached hydrogens (tertiary/aromatic N) is 1. The van der Waals surface area contributed by atoms with E-state index in [9.17, 15) is 4.79 Å². The van der Waals surface area contributed by atoms with Crippen molar-refractivity contribution in [2.45, 2.75) is 13.5 Å². The Morgan fingerprint density at radius 2 is 1.96 bits per heavy atom. The zero-order valence-electron chi connectivity index (χ0n) is 13.4. The summed E-state index contributed by atoms with van der Waals surface area (Å²) >= 11 is 2.26. The van der Waals surface area contributed by atoms with Gasteiger partial charge in [-0.05, 0) is 52.8 Å².